The van der Waals surface area contributed by atoms with Gasteiger partial charge in [0.25, 0.3) is 0 Å². The van der Waals surface area contributed by atoms with Crippen molar-refractivity contribution in [2.45, 2.75) is 25.0 Å². The van der Waals surface area contributed by atoms with Crippen molar-refractivity contribution in [2.24, 2.45) is 0 Å². The number of rotatable bonds is 5. The van der Waals surface area contributed by atoms with Crippen LogP contribution in [0.2, 0.25) is 5.15 Å². The third-order valence-corrected chi connectivity index (χ3v) is 4.31. The number of nitrogens with one attached hydrogen (secondary N) is 1. The van der Waals surface area contributed by atoms with E-state index in [1.165, 1.54) is 11.8 Å². The van der Waals surface area contributed by atoms with Gasteiger partial charge in [-0.3, -0.25) is 4.79 Å². The van der Waals surface area contributed by atoms with Gasteiger partial charge in [-0.25, -0.2) is 9.97 Å². The molecule has 0 spiro atoms. The number of nitrogens with zero attached hydrogens (tertiary/aromatic N) is 4. The Morgan fingerprint density at radius 3 is 2.68 bits per heavy atom. The second-order valence-corrected chi connectivity index (χ2v) is 6.96. The van der Waals surface area contributed by atoms with Gasteiger partial charge in [0.15, 0.2) is 5.16 Å². The summed E-state index contributed by atoms with van der Waals surface area (Å²) in [7, 11) is 2.11. The molecule has 1 saturated heterocycles. The van der Waals surface area contributed by atoms with E-state index in [1.807, 2.05) is 13.8 Å². The van der Waals surface area contributed by atoms with Gasteiger partial charge in [-0.15, -0.1) is 0 Å². The molecule has 1 aliphatic heterocycles. The molecule has 1 amide bonds. The van der Waals surface area contributed by atoms with Crippen molar-refractivity contribution in [1.29, 1.82) is 0 Å². The second-order valence-electron chi connectivity index (χ2n) is 5.63. The molecule has 22 heavy (non-hydrogen) atoms. The summed E-state index contributed by atoms with van der Waals surface area (Å²) in [6.45, 7) is 7.71. The molecular formula is C14H22ClN5OS. The highest BCUT2D eigenvalue weighted by molar-refractivity contribution is 7.99. The molecule has 2 heterocycles. The molecule has 0 bridgehead atoms. The van der Waals surface area contributed by atoms with Crippen LogP contribution >= 0.6 is 23.4 Å². The maximum Gasteiger partial charge on any atom is 0.230 e. The van der Waals surface area contributed by atoms with Gasteiger partial charge in [-0.1, -0.05) is 23.4 Å². The Morgan fingerprint density at radius 1 is 1.36 bits per heavy atom. The lowest BCUT2D eigenvalue weighted by molar-refractivity contribution is -0.119. The Hall–Kier alpha value is -1.05. The molecule has 0 unspecified atom stereocenters. The largest absolute Gasteiger partial charge is 0.354 e. The van der Waals surface area contributed by atoms with Gasteiger partial charge in [-0.2, -0.15) is 0 Å². The van der Waals surface area contributed by atoms with Crippen LogP contribution in [0, 0.1) is 0 Å². The normalized spacial score (nSPS) is 16.1. The number of halogens is 1. The Morgan fingerprint density at radius 2 is 2.05 bits per heavy atom. The molecule has 1 aliphatic rings. The summed E-state index contributed by atoms with van der Waals surface area (Å²) in [5, 5.41) is 3.80. The first-order chi connectivity index (χ1) is 10.4. The van der Waals surface area contributed by atoms with Crippen molar-refractivity contribution in [3.8, 4) is 0 Å². The summed E-state index contributed by atoms with van der Waals surface area (Å²) in [5.74, 6) is 1.10. The maximum atomic E-state index is 11.7. The molecule has 6 nitrogen and oxygen atoms in total. The van der Waals surface area contributed by atoms with E-state index < -0.39 is 0 Å². The quantitative estimate of drug-likeness (QED) is 0.496. The summed E-state index contributed by atoms with van der Waals surface area (Å²) >= 11 is 7.40. The van der Waals surface area contributed by atoms with E-state index >= 15 is 0 Å². The summed E-state index contributed by atoms with van der Waals surface area (Å²) in [6, 6.07) is 1.92. The molecule has 2 rings (SSSR count). The van der Waals surface area contributed by atoms with Gasteiger partial charge in [0, 0.05) is 38.3 Å². The number of carbonyl (C=O) groups is 1. The van der Waals surface area contributed by atoms with Crippen molar-refractivity contribution < 1.29 is 4.79 Å². The van der Waals surface area contributed by atoms with Crippen LogP contribution in [0.3, 0.4) is 0 Å². The summed E-state index contributed by atoms with van der Waals surface area (Å²) < 4.78 is 0. The number of carbonyl (C=O) groups excluding carboxylic acids is 1. The highest BCUT2D eigenvalue weighted by Gasteiger charge is 2.17. The average molecular weight is 344 g/mol. The molecule has 0 atom stereocenters. The van der Waals surface area contributed by atoms with Crippen LogP contribution in [0.5, 0.6) is 0 Å². The average Bonchev–Trinajstić information content (AvgIpc) is 2.44. The van der Waals surface area contributed by atoms with Crippen molar-refractivity contribution in [3.63, 3.8) is 0 Å². The lowest BCUT2D eigenvalue weighted by atomic mass is 10.3. The van der Waals surface area contributed by atoms with E-state index in [2.05, 4.69) is 32.1 Å². The fraction of sp³-hybridized carbons (Fsp3) is 0.643. The minimum Gasteiger partial charge on any atom is -0.354 e. The monoisotopic (exact) mass is 343 g/mol. The van der Waals surface area contributed by atoms with Crippen LogP contribution in [0.25, 0.3) is 0 Å². The number of amides is 1. The van der Waals surface area contributed by atoms with E-state index in [0.717, 1.165) is 32.0 Å². The Bertz CT molecular complexity index is 520. The standard InChI is InChI=1S/C14H22ClN5OS/c1-10(2)16-13(21)9-22-14-17-11(15)8-12(18-14)20-6-4-19(3)5-7-20/h8,10H,4-7,9H2,1-3H3,(H,16,21). The zero-order valence-electron chi connectivity index (χ0n) is 13.2. The third kappa shape index (κ3) is 5.30. The van der Waals surface area contributed by atoms with Crippen molar-refractivity contribution in [3.05, 3.63) is 11.2 Å². The minimum absolute atomic E-state index is 0.0234. The summed E-state index contributed by atoms with van der Waals surface area (Å²) in [5.41, 5.74) is 0. The number of hydrogen-bond donors (Lipinski definition) is 1. The molecule has 1 aromatic heterocycles. The third-order valence-electron chi connectivity index (χ3n) is 3.27. The number of hydrogen-bond acceptors (Lipinski definition) is 6. The number of aromatic nitrogens is 2. The van der Waals surface area contributed by atoms with E-state index in [-0.39, 0.29) is 11.9 Å². The first-order valence-corrected chi connectivity index (χ1v) is 8.70. The lowest BCUT2D eigenvalue weighted by Gasteiger charge is -2.33. The van der Waals surface area contributed by atoms with Crippen LogP contribution in [0.4, 0.5) is 5.82 Å². The molecule has 0 saturated carbocycles. The second kappa shape index (κ2) is 7.99. The molecule has 122 valence electrons. The van der Waals surface area contributed by atoms with Gasteiger partial charge >= 0.3 is 0 Å². The van der Waals surface area contributed by atoms with E-state index in [0.29, 0.717) is 16.1 Å². The first kappa shape index (κ1) is 17.3. The zero-order valence-corrected chi connectivity index (χ0v) is 14.7. The highest BCUT2D eigenvalue weighted by atomic mass is 35.5. The van der Waals surface area contributed by atoms with Crippen LogP contribution in [0.1, 0.15) is 13.8 Å². The molecule has 1 fully saturated rings. The maximum absolute atomic E-state index is 11.7. The van der Waals surface area contributed by atoms with Gasteiger partial charge in [0.2, 0.25) is 5.91 Å². The van der Waals surface area contributed by atoms with Crippen molar-refractivity contribution in [2.75, 3.05) is 43.9 Å². The Labute approximate surface area is 140 Å². The van der Waals surface area contributed by atoms with Crippen molar-refractivity contribution in [1.82, 2.24) is 20.2 Å². The van der Waals surface area contributed by atoms with Gasteiger partial charge in [-0.05, 0) is 20.9 Å². The fourth-order valence-corrected chi connectivity index (χ4v) is 3.03. The van der Waals surface area contributed by atoms with Gasteiger partial charge < -0.3 is 15.1 Å². The molecule has 8 heteroatoms. The smallest absolute Gasteiger partial charge is 0.230 e. The van der Waals surface area contributed by atoms with Crippen LogP contribution in [0.15, 0.2) is 11.2 Å². The summed E-state index contributed by atoms with van der Waals surface area (Å²) in [4.78, 5) is 24.9. The number of anilines is 1. The summed E-state index contributed by atoms with van der Waals surface area (Å²) in [6.07, 6.45) is 0. The highest BCUT2D eigenvalue weighted by Crippen LogP contribution is 2.22. The molecule has 1 N–H and O–H groups in total. The van der Waals surface area contributed by atoms with E-state index in [9.17, 15) is 4.79 Å². The van der Waals surface area contributed by atoms with Crippen LogP contribution < -0.4 is 10.2 Å². The van der Waals surface area contributed by atoms with E-state index in [4.69, 9.17) is 11.6 Å². The number of piperazine rings is 1. The zero-order chi connectivity index (χ0) is 16.1. The molecule has 0 radical (unpaired) electrons. The van der Waals surface area contributed by atoms with Gasteiger partial charge in [0.1, 0.15) is 11.0 Å². The first-order valence-electron chi connectivity index (χ1n) is 7.34. The predicted octanol–water partition coefficient (Wildman–Crippen LogP) is 1.50. The number of likely N-dealkylation sites (N-methyl/N-ethyl adjacent to an activating group) is 1. The van der Waals surface area contributed by atoms with Crippen LogP contribution in [-0.4, -0.2) is 65.8 Å². The molecule has 0 aliphatic carbocycles. The minimum atomic E-state index is -0.0234. The molecule has 1 aromatic rings. The Kier molecular flexibility index (Phi) is 6.28. The van der Waals surface area contributed by atoms with Gasteiger partial charge in [0.05, 0.1) is 5.75 Å². The number of thioether (sulfide) groups is 1. The van der Waals surface area contributed by atoms with E-state index in [1.54, 1.807) is 6.07 Å². The Balaban J connectivity index is 1.99. The molecule has 0 aromatic carbocycles. The fourth-order valence-electron chi connectivity index (χ4n) is 2.14. The SMILES string of the molecule is CC(C)NC(=O)CSc1nc(Cl)cc(N2CCN(C)CC2)n1. The lowest BCUT2D eigenvalue weighted by Crippen LogP contribution is -2.44. The molecular weight excluding hydrogens is 322 g/mol. The van der Waals surface area contributed by atoms with Crippen molar-refractivity contribution >= 4 is 35.1 Å². The van der Waals surface area contributed by atoms with Crippen LogP contribution in [-0.2, 0) is 4.79 Å². The predicted molar refractivity (Wildman–Crippen MR) is 90.8 cm³/mol. The topological polar surface area (TPSA) is 61.4 Å².